The van der Waals surface area contributed by atoms with Gasteiger partial charge >= 0.3 is 6.18 Å². The third-order valence-corrected chi connectivity index (χ3v) is 7.69. The third-order valence-electron chi connectivity index (χ3n) is 4.97. The van der Waals surface area contributed by atoms with Gasteiger partial charge in [-0.15, -0.1) is 11.3 Å². The van der Waals surface area contributed by atoms with Gasteiger partial charge in [0.15, 0.2) is 0 Å². The average Bonchev–Trinajstić information content (AvgIpc) is 3.12. The second-order valence-corrected chi connectivity index (χ2v) is 10.1. The fraction of sp³-hybridized carbons (Fsp3) is 0.474. The van der Waals surface area contributed by atoms with Crippen molar-refractivity contribution in [3.05, 3.63) is 45.9 Å². The molecule has 0 saturated carbocycles. The van der Waals surface area contributed by atoms with E-state index in [1.54, 1.807) is 11.3 Å². The quantitative estimate of drug-likeness (QED) is 0.717. The van der Waals surface area contributed by atoms with Gasteiger partial charge in [0.2, 0.25) is 15.9 Å². The molecule has 164 valence electrons. The zero-order valence-corrected chi connectivity index (χ0v) is 17.9. The molecule has 11 heteroatoms. The van der Waals surface area contributed by atoms with Crippen LogP contribution in [0, 0.1) is 12.8 Å². The number of alkyl halides is 3. The number of hydrogen-bond acceptors (Lipinski definition) is 5. The Morgan fingerprint density at radius 2 is 2.00 bits per heavy atom. The number of amides is 1. The van der Waals surface area contributed by atoms with Gasteiger partial charge in [0.1, 0.15) is 0 Å². The molecule has 0 spiro atoms. The monoisotopic (exact) mass is 461 g/mol. The van der Waals surface area contributed by atoms with Crippen LogP contribution in [0.2, 0.25) is 0 Å². The van der Waals surface area contributed by atoms with Crippen molar-refractivity contribution in [2.24, 2.45) is 5.92 Å². The Morgan fingerprint density at radius 3 is 2.60 bits per heavy atom. The van der Waals surface area contributed by atoms with Crippen LogP contribution in [-0.4, -0.2) is 43.2 Å². The highest BCUT2D eigenvalue weighted by Gasteiger charge is 2.35. The topological polar surface area (TPSA) is 79.4 Å². The number of carbonyl (C=O) groups is 1. The lowest BCUT2D eigenvalue weighted by molar-refractivity contribution is -0.137. The first-order valence-corrected chi connectivity index (χ1v) is 11.8. The number of aryl methyl sites for hydroxylation is 1. The molecule has 1 aliphatic heterocycles. The van der Waals surface area contributed by atoms with Crippen molar-refractivity contribution in [2.75, 3.05) is 19.6 Å². The van der Waals surface area contributed by atoms with Gasteiger partial charge in [-0.05, 0) is 38.0 Å². The van der Waals surface area contributed by atoms with Crippen molar-refractivity contribution in [2.45, 2.75) is 37.3 Å². The summed E-state index contributed by atoms with van der Waals surface area (Å²) in [4.78, 5) is 16.3. The van der Waals surface area contributed by atoms with Crippen molar-refractivity contribution >= 4 is 27.3 Å². The summed E-state index contributed by atoms with van der Waals surface area (Å²) in [6.07, 6.45) is -3.35. The number of aromatic nitrogens is 1. The van der Waals surface area contributed by atoms with Crippen molar-refractivity contribution in [1.29, 1.82) is 0 Å². The third kappa shape index (κ3) is 5.38. The number of carbonyl (C=O) groups excluding carboxylic acids is 1. The summed E-state index contributed by atoms with van der Waals surface area (Å²) in [6, 6.07) is 3.72. The van der Waals surface area contributed by atoms with Crippen molar-refractivity contribution in [3.8, 4) is 0 Å². The standard InChI is InChI=1S/C19H22F3N3O3S2/c1-13-24-16(12-29-13)5-8-23-18(26)14-6-9-25(10-7-14)30(27,28)17-4-2-3-15(11-17)19(20,21)22/h2-4,11-12,14H,5-10H2,1H3,(H,23,26). The lowest BCUT2D eigenvalue weighted by atomic mass is 9.97. The van der Waals surface area contributed by atoms with Crippen molar-refractivity contribution in [1.82, 2.24) is 14.6 Å². The van der Waals surface area contributed by atoms with E-state index < -0.39 is 26.7 Å². The van der Waals surface area contributed by atoms with Gasteiger partial charge in [-0.25, -0.2) is 13.4 Å². The minimum atomic E-state index is -4.62. The molecule has 1 fully saturated rings. The summed E-state index contributed by atoms with van der Waals surface area (Å²) in [5.41, 5.74) is -0.0899. The molecule has 1 amide bonds. The minimum Gasteiger partial charge on any atom is -0.355 e. The molecule has 30 heavy (non-hydrogen) atoms. The second-order valence-electron chi connectivity index (χ2n) is 7.10. The van der Waals surface area contributed by atoms with Gasteiger partial charge in [0, 0.05) is 37.4 Å². The summed E-state index contributed by atoms with van der Waals surface area (Å²) in [5.74, 6) is -0.465. The van der Waals surface area contributed by atoms with E-state index in [2.05, 4.69) is 10.3 Å². The fourth-order valence-electron chi connectivity index (χ4n) is 3.32. The lowest BCUT2D eigenvalue weighted by Gasteiger charge is -2.30. The number of hydrogen-bond donors (Lipinski definition) is 1. The average molecular weight is 462 g/mol. The maximum absolute atomic E-state index is 12.9. The molecule has 0 aliphatic carbocycles. The van der Waals surface area contributed by atoms with Crippen LogP contribution in [0.15, 0.2) is 34.5 Å². The molecule has 1 saturated heterocycles. The van der Waals surface area contributed by atoms with Gasteiger partial charge in [0.25, 0.3) is 0 Å². The number of benzene rings is 1. The summed E-state index contributed by atoms with van der Waals surface area (Å²) in [7, 11) is -4.05. The Hall–Kier alpha value is -1.98. The Bertz CT molecular complexity index is 998. The predicted molar refractivity (Wildman–Crippen MR) is 106 cm³/mol. The smallest absolute Gasteiger partial charge is 0.355 e. The summed E-state index contributed by atoms with van der Waals surface area (Å²) >= 11 is 1.55. The van der Waals surface area contributed by atoms with Gasteiger partial charge < -0.3 is 5.32 Å². The van der Waals surface area contributed by atoms with Crippen molar-refractivity contribution in [3.63, 3.8) is 0 Å². The van der Waals surface area contributed by atoms with Gasteiger partial charge in [0.05, 0.1) is 21.2 Å². The van der Waals surface area contributed by atoms with E-state index >= 15 is 0 Å². The van der Waals surface area contributed by atoms with E-state index in [1.165, 1.54) is 0 Å². The Labute approximate surface area is 177 Å². The van der Waals surface area contributed by atoms with Gasteiger partial charge in [-0.1, -0.05) is 6.07 Å². The highest BCUT2D eigenvalue weighted by Crippen LogP contribution is 2.32. The van der Waals surface area contributed by atoms with E-state index in [-0.39, 0.29) is 24.9 Å². The second kappa shape index (κ2) is 9.03. The summed E-state index contributed by atoms with van der Waals surface area (Å²) in [5, 5.41) is 5.76. The molecule has 1 N–H and O–H groups in total. The number of rotatable bonds is 6. The number of piperidine rings is 1. The highest BCUT2D eigenvalue weighted by molar-refractivity contribution is 7.89. The first-order valence-electron chi connectivity index (χ1n) is 9.43. The number of halogens is 3. The Morgan fingerprint density at radius 1 is 1.30 bits per heavy atom. The molecule has 1 aromatic heterocycles. The SMILES string of the molecule is Cc1nc(CCNC(=O)C2CCN(S(=O)(=O)c3cccc(C(F)(F)F)c3)CC2)cs1. The van der Waals surface area contributed by atoms with E-state index in [0.29, 0.717) is 31.9 Å². The zero-order chi connectivity index (χ0) is 21.9. The minimum absolute atomic E-state index is 0.0853. The summed E-state index contributed by atoms with van der Waals surface area (Å²) < 4.78 is 65.3. The number of sulfonamides is 1. The maximum Gasteiger partial charge on any atom is 0.416 e. The normalized spacial score (nSPS) is 16.5. The number of nitrogens with zero attached hydrogens (tertiary/aromatic N) is 2. The highest BCUT2D eigenvalue weighted by atomic mass is 32.2. The van der Waals surface area contributed by atoms with Crippen LogP contribution in [0.1, 0.15) is 29.1 Å². The van der Waals surface area contributed by atoms with Crippen LogP contribution < -0.4 is 5.32 Å². The van der Waals surface area contributed by atoms with Gasteiger partial charge in [-0.3, -0.25) is 4.79 Å². The van der Waals surface area contributed by atoms with Crippen LogP contribution in [0.4, 0.5) is 13.2 Å². The number of thiazole rings is 1. The van der Waals surface area contributed by atoms with E-state index in [9.17, 15) is 26.4 Å². The molecule has 0 unspecified atom stereocenters. The molecule has 2 heterocycles. The Kier molecular flexibility index (Phi) is 6.83. The molecule has 6 nitrogen and oxygen atoms in total. The van der Waals surface area contributed by atoms with Gasteiger partial charge in [-0.2, -0.15) is 17.5 Å². The molecule has 0 atom stereocenters. The zero-order valence-electron chi connectivity index (χ0n) is 16.3. The van der Waals surface area contributed by atoms with Crippen LogP contribution in [0.5, 0.6) is 0 Å². The predicted octanol–water partition coefficient (Wildman–Crippen LogP) is 3.23. The molecule has 0 radical (unpaired) electrons. The summed E-state index contributed by atoms with van der Waals surface area (Å²) in [6.45, 7) is 2.53. The Balaban J connectivity index is 1.54. The van der Waals surface area contributed by atoms with Crippen LogP contribution in [0.3, 0.4) is 0 Å². The lowest BCUT2D eigenvalue weighted by Crippen LogP contribution is -2.43. The fourth-order valence-corrected chi connectivity index (χ4v) is 5.48. The molecule has 1 aliphatic rings. The first kappa shape index (κ1) is 22.7. The molecular formula is C19H22F3N3O3S2. The van der Waals surface area contributed by atoms with Crippen LogP contribution >= 0.6 is 11.3 Å². The molecule has 2 aromatic rings. The van der Waals surface area contributed by atoms with E-state index in [0.717, 1.165) is 33.2 Å². The molecular weight excluding hydrogens is 439 g/mol. The molecule has 3 rings (SSSR count). The van der Waals surface area contributed by atoms with Crippen molar-refractivity contribution < 1.29 is 26.4 Å². The van der Waals surface area contributed by atoms with Crippen LogP contribution in [0.25, 0.3) is 0 Å². The first-order chi connectivity index (χ1) is 14.1. The largest absolute Gasteiger partial charge is 0.416 e. The maximum atomic E-state index is 12.9. The van der Waals surface area contributed by atoms with Crippen LogP contribution in [-0.2, 0) is 27.4 Å². The number of nitrogens with one attached hydrogen (secondary N) is 1. The van der Waals surface area contributed by atoms with E-state index in [4.69, 9.17) is 0 Å². The molecule has 0 bridgehead atoms. The van der Waals surface area contributed by atoms with E-state index in [1.807, 2.05) is 12.3 Å². The molecule has 1 aromatic carbocycles.